The largest absolute Gasteiger partial charge is 0.371 e. The van der Waals surface area contributed by atoms with Gasteiger partial charge in [-0.15, -0.1) is 0 Å². The summed E-state index contributed by atoms with van der Waals surface area (Å²) in [5.74, 6) is -3.01. The molecule has 1 fully saturated rings. The van der Waals surface area contributed by atoms with E-state index in [9.17, 15) is 17.6 Å². The fraction of sp³-hybridized carbons (Fsp3) is 0.524. The van der Waals surface area contributed by atoms with Crippen molar-refractivity contribution in [1.82, 2.24) is 9.80 Å². The second-order valence-electron chi connectivity index (χ2n) is 14.2. The normalized spacial score (nSPS) is 21.6. The molecule has 260 valence electrons. The van der Waals surface area contributed by atoms with Gasteiger partial charge in [0, 0.05) is 55.1 Å². The number of nitrogens with zero attached hydrogens (tertiary/aromatic N) is 2. The second-order valence-corrected chi connectivity index (χ2v) is 14.2. The molecular formula is C42H54F4N2. The number of aryl methyl sites for hydroxylation is 2. The summed E-state index contributed by atoms with van der Waals surface area (Å²) in [5.41, 5.74) is 10.5. The minimum atomic E-state index is -2.62. The van der Waals surface area contributed by atoms with Gasteiger partial charge in [-0.2, -0.15) is 0 Å². The Bertz CT molecular complexity index is 1540. The Morgan fingerprint density at radius 3 is 2.44 bits per heavy atom. The van der Waals surface area contributed by atoms with Crippen LogP contribution in [-0.4, -0.2) is 35.4 Å². The van der Waals surface area contributed by atoms with Crippen LogP contribution in [0, 0.1) is 23.5 Å². The van der Waals surface area contributed by atoms with Crippen LogP contribution >= 0.6 is 0 Å². The van der Waals surface area contributed by atoms with Gasteiger partial charge in [-0.1, -0.05) is 76.6 Å². The molecule has 48 heavy (non-hydrogen) atoms. The first-order valence-corrected chi connectivity index (χ1v) is 18.3. The van der Waals surface area contributed by atoms with Crippen molar-refractivity contribution in [2.75, 3.05) is 19.6 Å². The van der Waals surface area contributed by atoms with Crippen LogP contribution in [-0.2, 0) is 12.8 Å². The zero-order valence-electron chi connectivity index (χ0n) is 29.5. The molecule has 2 aromatic carbocycles. The van der Waals surface area contributed by atoms with Crippen molar-refractivity contribution in [2.24, 2.45) is 11.8 Å². The summed E-state index contributed by atoms with van der Waals surface area (Å²) in [4.78, 5) is 4.62. The lowest BCUT2D eigenvalue weighted by Gasteiger charge is -2.35. The van der Waals surface area contributed by atoms with E-state index in [2.05, 4.69) is 69.5 Å². The molecule has 1 saturated heterocycles. The van der Waals surface area contributed by atoms with E-state index in [-0.39, 0.29) is 12.8 Å². The molecule has 3 heterocycles. The lowest BCUT2D eigenvalue weighted by atomic mass is 9.87. The van der Waals surface area contributed by atoms with Crippen molar-refractivity contribution in [3.63, 3.8) is 0 Å². The van der Waals surface area contributed by atoms with E-state index < -0.39 is 17.6 Å². The average Bonchev–Trinajstić information content (AvgIpc) is 3.42. The second kappa shape index (κ2) is 16.0. The van der Waals surface area contributed by atoms with Gasteiger partial charge in [0.15, 0.2) is 11.6 Å². The number of fused-ring (bicyclic) bond motifs is 1. The fourth-order valence-corrected chi connectivity index (χ4v) is 7.89. The van der Waals surface area contributed by atoms with Crippen molar-refractivity contribution in [3.05, 3.63) is 106 Å². The fourth-order valence-electron chi connectivity index (χ4n) is 7.89. The smallest absolute Gasteiger partial charge is 0.251 e. The van der Waals surface area contributed by atoms with Crippen LogP contribution in [0.25, 0.3) is 11.3 Å². The summed E-state index contributed by atoms with van der Waals surface area (Å²) in [6.07, 6.45) is 14.2. The number of piperidine rings is 1. The third-order valence-corrected chi connectivity index (χ3v) is 10.8. The van der Waals surface area contributed by atoms with Crippen molar-refractivity contribution in [2.45, 2.75) is 111 Å². The lowest BCUT2D eigenvalue weighted by Crippen LogP contribution is -2.38. The summed E-state index contributed by atoms with van der Waals surface area (Å²) in [6, 6.07) is 10.6. The van der Waals surface area contributed by atoms with E-state index in [1.54, 1.807) is 11.6 Å². The SMILES string of the molecule is C=C(c1cc(C(=CCCC2=C(CC)N3CC(C)C=C3CC(CC)CC2)CCc2ccc(F)c(F)c2)ccc1CC)N1CCC(F)(F)CC1. The molecule has 0 aromatic heterocycles. The Morgan fingerprint density at radius 2 is 1.75 bits per heavy atom. The molecule has 2 atom stereocenters. The molecule has 6 heteroatoms. The first kappa shape index (κ1) is 36.0. The molecule has 0 aliphatic carbocycles. The molecule has 5 rings (SSSR count). The van der Waals surface area contributed by atoms with Gasteiger partial charge in [-0.3, -0.25) is 0 Å². The Hall–Kier alpha value is -3.28. The van der Waals surface area contributed by atoms with Gasteiger partial charge in [0.1, 0.15) is 0 Å². The number of halogens is 4. The van der Waals surface area contributed by atoms with E-state index in [0.29, 0.717) is 37.8 Å². The van der Waals surface area contributed by atoms with Gasteiger partial charge >= 0.3 is 0 Å². The van der Waals surface area contributed by atoms with Crippen LogP contribution in [0.5, 0.6) is 0 Å². The highest BCUT2D eigenvalue weighted by Crippen LogP contribution is 2.39. The van der Waals surface area contributed by atoms with Gasteiger partial charge in [0.2, 0.25) is 0 Å². The predicted octanol–water partition coefficient (Wildman–Crippen LogP) is 11.7. The maximum atomic E-state index is 14.1. The average molecular weight is 663 g/mol. The highest BCUT2D eigenvalue weighted by molar-refractivity contribution is 5.73. The quantitative estimate of drug-likeness (QED) is 0.209. The van der Waals surface area contributed by atoms with Crippen LogP contribution in [0.4, 0.5) is 17.6 Å². The molecule has 0 amide bonds. The van der Waals surface area contributed by atoms with Crippen molar-refractivity contribution in [3.8, 4) is 0 Å². The van der Waals surface area contributed by atoms with Crippen molar-refractivity contribution < 1.29 is 17.6 Å². The molecule has 0 radical (unpaired) electrons. The molecule has 2 nitrogen and oxygen atoms in total. The third kappa shape index (κ3) is 8.65. The number of likely N-dealkylation sites (tertiary alicyclic amines) is 1. The Labute approximate surface area is 286 Å². The van der Waals surface area contributed by atoms with E-state index in [0.717, 1.165) is 72.2 Å². The summed E-state index contributed by atoms with van der Waals surface area (Å²) in [6.45, 7) is 15.1. The maximum Gasteiger partial charge on any atom is 0.251 e. The molecule has 2 unspecified atom stereocenters. The van der Waals surface area contributed by atoms with Gasteiger partial charge in [-0.25, -0.2) is 17.6 Å². The third-order valence-electron chi connectivity index (χ3n) is 10.8. The summed E-state index contributed by atoms with van der Waals surface area (Å²) < 4.78 is 55.8. The van der Waals surface area contributed by atoms with E-state index >= 15 is 0 Å². The molecular weight excluding hydrogens is 608 g/mol. The van der Waals surface area contributed by atoms with Crippen LogP contribution in [0.2, 0.25) is 0 Å². The number of benzene rings is 2. The Morgan fingerprint density at radius 1 is 0.979 bits per heavy atom. The van der Waals surface area contributed by atoms with Crippen molar-refractivity contribution in [1.29, 1.82) is 0 Å². The molecule has 0 N–H and O–H groups in total. The number of alkyl halides is 2. The first-order valence-electron chi connectivity index (χ1n) is 18.3. The topological polar surface area (TPSA) is 6.48 Å². The molecule has 3 aliphatic rings. The zero-order valence-corrected chi connectivity index (χ0v) is 29.5. The highest BCUT2D eigenvalue weighted by atomic mass is 19.3. The lowest BCUT2D eigenvalue weighted by molar-refractivity contribution is -0.0450. The molecule has 0 bridgehead atoms. The van der Waals surface area contributed by atoms with Gasteiger partial charge in [-0.05, 0) is 110 Å². The van der Waals surface area contributed by atoms with Crippen LogP contribution in [0.15, 0.2) is 72.1 Å². The Balaban J connectivity index is 1.44. The van der Waals surface area contributed by atoms with E-state index in [1.807, 2.05) is 4.90 Å². The standard InChI is InChI=1S/C42H54F4N2/c1-6-31-12-16-35(41(8-3)48-28-29(4)24-37(48)25-31)11-9-10-34(15-13-32-14-19-39(43)40(44)26-32)36-18-17-33(7-2)38(27-36)30(5)47-22-20-42(45,46)21-23-47/h10,14,17-19,24,26-27,29,31H,5-9,11-13,15-16,20-23,25,28H2,1-4H3. The first-order chi connectivity index (χ1) is 23.0. The molecule has 0 spiro atoms. The summed E-state index contributed by atoms with van der Waals surface area (Å²) in [5, 5.41) is 0. The molecule has 2 aromatic rings. The number of allylic oxidation sites excluding steroid dienone is 5. The van der Waals surface area contributed by atoms with E-state index in [1.165, 1.54) is 42.8 Å². The minimum absolute atomic E-state index is 0.158. The predicted molar refractivity (Wildman–Crippen MR) is 191 cm³/mol. The monoisotopic (exact) mass is 662 g/mol. The van der Waals surface area contributed by atoms with Gasteiger partial charge < -0.3 is 9.80 Å². The maximum absolute atomic E-state index is 14.1. The molecule has 3 aliphatic heterocycles. The van der Waals surface area contributed by atoms with Crippen LogP contribution < -0.4 is 0 Å². The van der Waals surface area contributed by atoms with Gasteiger partial charge in [0.05, 0.1) is 0 Å². The van der Waals surface area contributed by atoms with Crippen molar-refractivity contribution >= 4 is 11.3 Å². The van der Waals surface area contributed by atoms with Crippen LogP contribution in [0.1, 0.15) is 114 Å². The number of hydrogen-bond donors (Lipinski definition) is 0. The minimum Gasteiger partial charge on any atom is -0.371 e. The zero-order chi connectivity index (χ0) is 34.4. The highest BCUT2D eigenvalue weighted by Gasteiger charge is 2.35. The van der Waals surface area contributed by atoms with E-state index in [4.69, 9.17) is 0 Å². The Kier molecular flexibility index (Phi) is 12.0. The number of hydrogen-bond acceptors (Lipinski definition) is 2. The molecule has 0 saturated carbocycles. The van der Waals surface area contributed by atoms with Gasteiger partial charge in [0.25, 0.3) is 5.92 Å². The summed E-state index contributed by atoms with van der Waals surface area (Å²) >= 11 is 0. The summed E-state index contributed by atoms with van der Waals surface area (Å²) in [7, 11) is 0. The number of rotatable bonds is 12. The van der Waals surface area contributed by atoms with Crippen LogP contribution in [0.3, 0.4) is 0 Å².